The van der Waals surface area contributed by atoms with Crippen molar-refractivity contribution in [3.8, 4) is 0 Å². The first-order chi connectivity index (χ1) is 12.9. The molecule has 27 heavy (non-hydrogen) atoms. The SMILES string of the molecule is O=C(CN1CCN(S(=O)(=O)c2ccc(F)cc2F)CC1)NC1CCCCC1. The first-order valence-corrected chi connectivity index (χ1v) is 10.8. The van der Waals surface area contributed by atoms with Crippen LogP contribution < -0.4 is 5.32 Å². The second-order valence-electron chi connectivity index (χ2n) is 7.16. The molecule has 9 heteroatoms. The molecule has 0 spiro atoms. The van der Waals surface area contributed by atoms with E-state index in [4.69, 9.17) is 0 Å². The van der Waals surface area contributed by atoms with E-state index in [0.29, 0.717) is 19.2 Å². The lowest BCUT2D eigenvalue weighted by molar-refractivity contribution is -0.123. The maximum atomic E-state index is 13.9. The number of hydrogen-bond donors (Lipinski definition) is 1. The summed E-state index contributed by atoms with van der Waals surface area (Å²) in [5.74, 6) is -1.95. The molecule has 0 aromatic heterocycles. The summed E-state index contributed by atoms with van der Waals surface area (Å²) in [5, 5.41) is 3.05. The van der Waals surface area contributed by atoms with Crippen molar-refractivity contribution in [3.63, 3.8) is 0 Å². The number of carbonyl (C=O) groups excluding carboxylic acids is 1. The average Bonchev–Trinajstić information content (AvgIpc) is 2.62. The van der Waals surface area contributed by atoms with E-state index in [0.717, 1.165) is 37.8 Å². The van der Waals surface area contributed by atoms with Crippen molar-refractivity contribution in [2.75, 3.05) is 32.7 Å². The lowest BCUT2D eigenvalue weighted by atomic mass is 9.95. The van der Waals surface area contributed by atoms with Crippen LogP contribution >= 0.6 is 0 Å². The maximum absolute atomic E-state index is 13.9. The highest BCUT2D eigenvalue weighted by molar-refractivity contribution is 7.89. The van der Waals surface area contributed by atoms with E-state index >= 15 is 0 Å². The predicted octanol–water partition coefficient (Wildman–Crippen LogP) is 1.72. The summed E-state index contributed by atoms with van der Waals surface area (Å²) in [5.41, 5.74) is 0. The number of rotatable bonds is 5. The minimum absolute atomic E-state index is 0.0391. The Balaban J connectivity index is 1.52. The van der Waals surface area contributed by atoms with Crippen LogP contribution in [0, 0.1) is 11.6 Å². The normalized spacial score (nSPS) is 20.5. The molecule has 1 aromatic carbocycles. The van der Waals surface area contributed by atoms with Crippen LogP contribution in [0.4, 0.5) is 8.78 Å². The third kappa shape index (κ3) is 5.03. The van der Waals surface area contributed by atoms with Gasteiger partial charge in [-0.05, 0) is 25.0 Å². The highest BCUT2D eigenvalue weighted by atomic mass is 32.2. The van der Waals surface area contributed by atoms with Gasteiger partial charge in [0.2, 0.25) is 15.9 Å². The number of sulfonamides is 1. The monoisotopic (exact) mass is 401 g/mol. The fourth-order valence-electron chi connectivity index (χ4n) is 3.67. The summed E-state index contributed by atoms with van der Waals surface area (Å²) in [4.78, 5) is 13.6. The van der Waals surface area contributed by atoms with Crippen LogP contribution in [-0.4, -0.2) is 62.3 Å². The molecule has 1 N–H and O–H groups in total. The first kappa shape index (κ1) is 20.2. The van der Waals surface area contributed by atoms with Crippen molar-refractivity contribution in [1.82, 2.24) is 14.5 Å². The number of carbonyl (C=O) groups is 1. The molecule has 1 saturated heterocycles. The van der Waals surface area contributed by atoms with Gasteiger partial charge in [0.15, 0.2) is 0 Å². The van der Waals surface area contributed by atoms with E-state index in [1.807, 2.05) is 4.90 Å². The molecule has 6 nitrogen and oxygen atoms in total. The van der Waals surface area contributed by atoms with Crippen molar-refractivity contribution >= 4 is 15.9 Å². The Morgan fingerprint density at radius 1 is 1.07 bits per heavy atom. The molecule has 3 rings (SSSR count). The molecule has 2 fully saturated rings. The Morgan fingerprint density at radius 2 is 1.74 bits per heavy atom. The quantitative estimate of drug-likeness (QED) is 0.816. The Labute approximate surface area is 158 Å². The Hall–Kier alpha value is -1.58. The second kappa shape index (κ2) is 8.62. The summed E-state index contributed by atoms with van der Waals surface area (Å²) in [6.07, 6.45) is 5.53. The Bertz CT molecular complexity index is 774. The van der Waals surface area contributed by atoms with E-state index < -0.39 is 26.6 Å². The predicted molar refractivity (Wildman–Crippen MR) is 96.6 cm³/mol. The van der Waals surface area contributed by atoms with Gasteiger partial charge in [-0.25, -0.2) is 17.2 Å². The van der Waals surface area contributed by atoms with Gasteiger partial charge in [0.05, 0.1) is 6.54 Å². The fourth-order valence-corrected chi connectivity index (χ4v) is 5.14. The number of amides is 1. The summed E-state index contributed by atoms with van der Waals surface area (Å²) in [6.45, 7) is 1.33. The van der Waals surface area contributed by atoms with Crippen LogP contribution in [0.2, 0.25) is 0 Å². The van der Waals surface area contributed by atoms with Gasteiger partial charge in [0.25, 0.3) is 0 Å². The fraction of sp³-hybridized carbons (Fsp3) is 0.611. The van der Waals surface area contributed by atoms with E-state index in [1.165, 1.54) is 10.7 Å². The van der Waals surface area contributed by atoms with Gasteiger partial charge >= 0.3 is 0 Å². The molecule has 1 heterocycles. The van der Waals surface area contributed by atoms with Gasteiger partial charge < -0.3 is 5.32 Å². The minimum atomic E-state index is -4.02. The number of nitrogens with one attached hydrogen (secondary N) is 1. The number of piperazine rings is 1. The highest BCUT2D eigenvalue weighted by Crippen LogP contribution is 2.21. The largest absolute Gasteiger partial charge is 0.352 e. The van der Waals surface area contributed by atoms with Gasteiger partial charge in [-0.3, -0.25) is 9.69 Å². The lowest BCUT2D eigenvalue weighted by Crippen LogP contribution is -2.52. The zero-order chi connectivity index (χ0) is 19.4. The van der Waals surface area contributed by atoms with Gasteiger partial charge in [-0.2, -0.15) is 4.31 Å². The molecule has 1 aromatic rings. The average molecular weight is 401 g/mol. The zero-order valence-corrected chi connectivity index (χ0v) is 16.0. The first-order valence-electron chi connectivity index (χ1n) is 9.33. The van der Waals surface area contributed by atoms with Gasteiger partial charge in [0.1, 0.15) is 16.5 Å². The number of nitrogens with zero attached hydrogens (tertiary/aromatic N) is 2. The highest BCUT2D eigenvalue weighted by Gasteiger charge is 2.31. The molecular formula is C18H25F2N3O3S. The molecule has 1 saturated carbocycles. The van der Waals surface area contributed by atoms with E-state index in [9.17, 15) is 22.0 Å². The van der Waals surface area contributed by atoms with Gasteiger partial charge in [0, 0.05) is 38.3 Å². The minimum Gasteiger partial charge on any atom is -0.352 e. The van der Waals surface area contributed by atoms with Crippen LogP contribution in [0.5, 0.6) is 0 Å². The van der Waals surface area contributed by atoms with Crippen LogP contribution in [0.3, 0.4) is 0 Å². The summed E-state index contributed by atoms with van der Waals surface area (Å²) < 4.78 is 53.2. The molecule has 1 aliphatic carbocycles. The second-order valence-corrected chi connectivity index (χ2v) is 9.06. The zero-order valence-electron chi connectivity index (χ0n) is 15.2. The molecule has 0 bridgehead atoms. The molecule has 2 aliphatic rings. The smallest absolute Gasteiger partial charge is 0.246 e. The molecule has 1 aliphatic heterocycles. The number of hydrogen-bond acceptors (Lipinski definition) is 4. The molecule has 1 amide bonds. The van der Waals surface area contributed by atoms with E-state index in [1.54, 1.807) is 0 Å². The van der Waals surface area contributed by atoms with Crippen molar-refractivity contribution < 1.29 is 22.0 Å². The maximum Gasteiger partial charge on any atom is 0.246 e. The topological polar surface area (TPSA) is 69.7 Å². The van der Waals surface area contributed by atoms with Gasteiger partial charge in [-0.1, -0.05) is 19.3 Å². The van der Waals surface area contributed by atoms with Crippen LogP contribution in [0.1, 0.15) is 32.1 Å². The summed E-state index contributed by atoms with van der Waals surface area (Å²) in [6, 6.07) is 2.69. The van der Waals surface area contributed by atoms with Crippen molar-refractivity contribution in [3.05, 3.63) is 29.8 Å². The summed E-state index contributed by atoms with van der Waals surface area (Å²) >= 11 is 0. The molecule has 0 unspecified atom stereocenters. The molecule has 150 valence electrons. The van der Waals surface area contributed by atoms with Crippen molar-refractivity contribution in [1.29, 1.82) is 0 Å². The lowest BCUT2D eigenvalue weighted by Gasteiger charge is -2.34. The molecular weight excluding hydrogens is 376 g/mol. The van der Waals surface area contributed by atoms with E-state index in [2.05, 4.69) is 5.32 Å². The van der Waals surface area contributed by atoms with Crippen molar-refractivity contribution in [2.45, 2.75) is 43.0 Å². The molecule has 0 atom stereocenters. The van der Waals surface area contributed by atoms with Gasteiger partial charge in [-0.15, -0.1) is 0 Å². The van der Waals surface area contributed by atoms with Crippen molar-refractivity contribution in [2.24, 2.45) is 0 Å². The van der Waals surface area contributed by atoms with Crippen LogP contribution in [-0.2, 0) is 14.8 Å². The Morgan fingerprint density at radius 3 is 2.37 bits per heavy atom. The summed E-state index contributed by atoms with van der Waals surface area (Å²) in [7, 11) is -4.02. The van der Waals surface area contributed by atoms with E-state index in [-0.39, 0.29) is 31.6 Å². The standard InChI is InChI=1S/C18H25F2N3O3S/c19-14-6-7-17(16(20)12-14)27(25,26)23-10-8-22(9-11-23)13-18(24)21-15-4-2-1-3-5-15/h6-7,12,15H,1-5,8-11,13H2,(H,21,24). The third-order valence-corrected chi connectivity index (χ3v) is 7.11. The number of benzene rings is 1. The Kier molecular flexibility index (Phi) is 6.44. The van der Waals surface area contributed by atoms with Crippen LogP contribution in [0.25, 0.3) is 0 Å². The molecule has 0 radical (unpaired) electrons. The third-order valence-electron chi connectivity index (χ3n) is 5.18. The van der Waals surface area contributed by atoms with Crippen LogP contribution in [0.15, 0.2) is 23.1 Å². The number of halogens is 2.